The van der Waals surface area contributed by atoms with Crippen molar-refractivity contribution in [3.05, 3.63) is 48.6 Å². The molecule has 0 aliphatic rings. The molecule has 1 rings (SSSR count). The second-order valence-corrected chi connectivity index (χ2v) is 4.22. The van der Waals surface area contributed by atoms with Crippen molar-refractivity contribution < 1.29 is 27.4 Å². The molecule has 23 heavy (non-hydrogen) atoms. The number of esters is 1. The van der Waals surface area contributed by atoms with E-state index in [0.29, 0.717) is 0 Å². The molecule has 3 nitrogen and oxygen atoms in total. The third kappa shape index (κ3) is 3.74. The Morgan fingerprint density at radius 1 is 1.35 bits per heavy atom. The van der Waals surface area contributed by atoms with Gasteiger partial charge in [0.1, 0.15) is 0 Å². The van der Waals surface area contributed by atoms with Crippen LogP contribution in [-0.4, -0.2) is 25.4 Å². The first-order valence-corrected chi connectivity index (χ1v) is 6.30. The maximum absolute atomic E-state index is 13.6. The lowest BCUT2D eigenvalue weighted by atomic mass is 9.92. The van der Waals surface area contributed by atoms with Gasteiger partial charge in [0.2, 0.25) is 0 Å². The molecule has 0 N–H and O–H groups in total. The SMILES string of the molecule is C#CC#C[C@H](C=C)OC(=O)[C@@](OC)(c1ccccc1)C(F)(F)F. The molecule has 0 aromatic heterocycles. The molecule has 0 spiro atoms. The van der Waals surface area contributed by atoms with Gasteiger partial charge in [-0.3, -0.25) is 0 Å². The molecular formula is C17H13F3O3. The average Bonchev–Trinajstić information content (AvgIpc) is 2.52. The monoisotopic (exact) mass is 322 g/mol. The molecule has 0 heterocycles. The normalized spacial score (nSPS) is 14.4. The Morgan fingerprint density at radius 3 is 2.39 bits per heavy atom. The zero-order valence-electron chi connectivity index (χ0n) is 12.2. The number of alkyl halides is 3. The van der Waals surface area contributed by atoms with Crippen LogP contribution < -0.4 is 0 Å². The van der Waals surface area contributed by atoms with E-state index in [1.165, 1.54) is 18.2 Å². The van der Waals surface area contributed by atoms with Gasteiger partial charge in [0, 0.05) is 12.7 Å². The van der Waals surface area contributed by atoms with Crippen LogP contribution >= 0.6 is 0 Å². The van der Waals surface area contributed by atoms with Crippen molar-refractivity contribution in [2.75, 3.05) is 7.11 Å². The minimum atomic E-state index is -5.05. The molecule has 0 fully saturated rings. The summed E-state index contributed by atoms with van der Waals surface area (Å²) >= 11 is 0. The quantitative estimate of drug-likeness (QED) is 0.475. The highest BCUT2D eigenvalue weighted by molar-refractivity contribution is 5.83. The van der Waals surface area contributed by atoms with Crippen molar-refractivity contribution in [1.29, 1.82) is 0 Å². The van der Waals surface area contributed by atoms with Crippen molar-refractivity contribution in [2.24, 2.45) is 0 Å². The van der Waals surface area contributed by atoms with Gasteiger partial charge in [-0.05, 0) is 23.8 Å². The second-order valence-electron chi connectivity index (χ2n) is 4.22. The molecule has 0 unspecified atom stereocenters. The van der Waals surface area contributed by atoms with Gasteiger partial charge in [-0.25, -0.2) is 4.79 Å². The van der Waals surface area contributed by atoms with Crippen LogP contribution in [0.25, 0.3) is 0 Å². The summed E-state index contributed by atoms with van der Waals surface area (Å²) in [7, 11) is 0.776. The largest absolute Gasteiger partial charge is 0.442 e. The fraction of sp³-hybridized carbons (Fsp3) is 0.235. The van der Waals surface area contributed by atoms with Crippen molar-refractivity contribution in [3.63, 3.8) is 0 Å². The molecule has 0 saturated heterocycles. The topological polar surface area (TPSA) is 35.5 Å². The molecule has 0 aliphatic carbocycles. The molecular weight excluding hydrogens is 309 g/mol. The summed E-state index contributed by atoms with van der Waals surface area (Å²) in [6.45, 7) is 3.34. The van der Waals surface area contributed by atoms with E-state index in [9.17, 15) is 18.0 Å². The van der Waals surface area contributed by atoms with Gasteiger partial charge in [-0.15, -0.1) is 6.42 Å². The molecule has 6 heteroatoms. The fourth-order valence-electron chi connectivity index (χ4n) is 1.83. The van der Waals surface area contributed by atoms with Gasteiger partial charge in [0.15, 0.2) is 6.10 Å². The first-order valence-electron chi connectivity index (χ1n) is 6.30. The van der Waals surface area contributed by atoms with E-state index in [0.717, 1.165) is 25.3 Å². The zero-order valence-corrected chi connectivity index (χ0v) is 12.2. The molecule has 120 valence electrons. The summed E-state index contributed by atoms with van der Waals surface area (Å²) in [6.07, 6.45) is -0.352. The van der Waals surface area contributed by atoms with Gasteiger partial charge >= 0.3 is 12.1 Å². The van der Waals surface area contributed by atoms with Gasteiger partial charge < -0.3 is 9.47 Å². The molecule has 1 aromatic carbocycles. The summed E-state index contributed by atoms with van der Waals surface area (Å²) in [5, 5.41) is 0. The molecule has 0 amide bonds. The number of ether oxygens (including phenoxy) is 2. The Hall–Kier alpha value is -2.70. The summed E-state index contributed by atoms with van der Waals surface area (Å²) in [5.74, 6) is 4.75. The number of carbonyl (C=O) groups is 1. The summed E-state index contributed by atoms with van der Waals surface area (Å²) in [6, 6.07) is 6.45. The molecule has 0 aliphatic heterocycles. The number of benzene rings is 1. The summed E-state index contributed by atoms with van der Waals surface area (Å²) in [4.78, 5) is 12.2. The van der Waals surface area contributed by atoms with Crippen LogP contribution in [0.4, 0.5) is 13.2 Å². The number of terminal acetylenes is 1. The Kier molecular flexibility index (Phi) is 6.01. The maximum Gasteiger partial charge on any atom is 0.432 e. The van der Waals surface area contributed by atoms with Crippen LogP contribution in [0.5, 0.6) is 0 Å². The number of carbonyl (C=O) groups excluding carboxylic acids is 1. The minimum absolute atomic E-state index is 0.410. The predicted octanol–water partition coefficient (Wildman–Crippen LogP) is 2.83. The van der Waals surface area contributed by atoms with E-state index in [1.807, 2.05) is 5.92 Å². The third-order valence-electron chi connectivity index (χ3n) is 2.91. The van der Waals surface area contributed by atoms with Crippen molar-refractivity contribution in [1.82, 2.24) is 0 Å². The van der Waals surface area contributed by atoms with E-state index in [-0.39, 0.29) is 0 Å². The summed E-state index contributed by atoms with van der Waals surface area (Å²) < 4.78 is 50.1. The van der Waals surface area contributed by atoms with Gasteiger partial charge in [-0.1, -0.05) is 36.9 Å². The van der Waals surface area contributed by atoms with Crippen molar-refractivity contribution >= 4 is 5.97 Å². The molecule has 0 bridgehead atoms. The predicted molar refractivity (Wildman–Crippen MR) is 77.9 cm³/mol. The van der Waals surface area contributed by atoms with Gasteiger partial charge in [0.25, 0.3) is 5.60 Å². The molecule has 0 radical (unpaired) electrons. The van der Waals surface area contributed by atoms with E-state index in [1.54, 1.807) is 0 Å². The van der Waals surface area contributed by atoms with Crippen LogP contribution in [0.3, 0.4) is 0 Å². The maximum atomic E-state index is 13.6. The van der Waals surface area contributed by atoms with Crippen LogP contribution in [0.2, 0.25) is 0 Å². The first kappa shape index (κ1) is 18.3. The standard InChI is InChI=1S/C17H13F3O3/c1-4-6-12-14(5-2)23-15(21)16(22-3,17(18,19)20)13-10-8-7-9-11-13/h1,5,7-11,14H,2H2,3H3/t14-,16-/m0/s1. The highest BCUT2D eigenvalue weighted by Gasteiger charge is 2.64. The zero-order chi connectivity index (χ0) is 17.5. The van der Waals surface area contributed by atoms with E-state index in [4.69, 9.17) is 11.2 Å². The van der Waals surface area contributed by atoms with Gasteiger partial charge in [0.05, 0.1) is 0 Å². The number of halogens is 3. The van der Waals surface area contributed by atoms with Crippen LogP contribution in [-0.2, 0) is 19.9 Å². The molecule has 2 atom stereocenters. The smallest absolute Gasteiger partial charge is 0.432 e. The van der Waals surface area contributed by atoms with E-state index < -0.39 is 29.4 Å². The number of hydrogen-bond acceptors (Lipinski definition) is 3. The Labute approximate surface area is 132 Å². The lowest BCUT2D eigenvalue weighted by Crippen LogP contribution is -2.52. The first-order chi connectivity index (χ1) is 10.8. The van der Waals surface area contributed by atoms with E-state index in [2.05, 4.69) is 23.2 Å². The molecule has 1 aromatic rings. The summed E-state index contributed by atoms with van der Waals surface area (Å²) in [5.41, 5.74) is -3.68. The lowest BCUT2D eigenvalue weighted by Gasteiger charge is -2.32. The highest BCUT2D eigenvalue weighted by Crippen LogP contribution is 2.43. The number of rotatable bonds is 5. The van der Waals surface area contributed by atoms with Gasteiger partial charge in [-0.2, -0.15) is 13.2 Å². The Morgan fingerprint density at radius 2 is 1.96 bits per heavy atom. The third-order valence-corrected chi connectivity index (χ3v) is 2.91. The van der Waals surface area contributed by atoms with Crippen molar-refractivity contribution in [3.8, 4) is 24.2 Å². The lowest BCUT2D eigenvalue weighted by molar-refractivity contribution is -0.276. The Balaban J connectivity index is 3.34. The average molecular weight is 322 g/mol. The fourth-order valence-corrected chi connectivity index (χ4v) is 1.83. The van der Waals surface area contributed by atoms with Crippen LogP contribution in [0, 0.1) is 24.2 Å². The number of hydrogen-bond donors (Lipinski definition) is 0. The number of methoxy groups -OCH3 is 1. The van der Waals surface area contributed by atoms with Crippen molar-refractivity contribution in [2.45, 2.75) is 17.9 Å². The second kappa shape index (κ2) is 7.53. The highest BCUT2D eigenvalue weighted by atomic mass is 19.4. The molecule has 0 saturated carbocycles. The van der Waals surface area contributed by atoms with Crippen LogP contribution in [0.1, 0.15) is 5.56 Å². The Bertz CT molecular complexity index is 662. The van der Waals surface area contributed by atoms with E-state index >= 15 is 0 Å². The van der Waals surface area contributed by atoms with Crippen LogP contribution in [0.15, 0.2) is 43.0 Å². The minimum Gasteiger partial charge on any atom is -0.442 e.